The van der Waals surface area contributed by atoms with Crippen LogP contribution < -0.4 is 5.32 Å². The fraction of sp³-hybridized carbons (Fsp3) is 0.714. The molecule has 1 N–H and O–H groups in total. The number of likely N-dealkylation sites (tertiary alicyclic amines) is 1. The molecular formula is C14H26Cl2N4O2. The highest BCUT2D eigenvalue weighted by molar-refractivity contribution is 5.85. The number of aryl methyl sites for hydroxylation is 1. The molecule has 0 aliphatic carbocycles. The Morgan fingerprint density at radius 3 is 2.91 bits per heavy atom. The molecule has 1 amide bonds. The van der Waals surface area contributed by atoms with Crippen LogP contribution in [0.2, 0.25) is 0 Å². The fourth-order valence-electron chi connectivity index (χ4n) is 2.65. The Morgan fingerprint density at radius 2 is 2.27 bits per heavy atom. The number of ether oxygens (including phenoxy) is 1. The fourth-order valence-corrected chi connectivity index (χ4v) is 2.65. The van der Waals surface area contributed by atoms with E-state index in [1.165, 1.54) is 0 Å². The van der Waals surface area contributed by atoms with Crippen LogP contribution in [-0.4, -0.2) is 59.8 Å². The lowest BCUT2D eigenvalue weighted by molar-refractivity contribution is -0.131. The summed E-state index contributed by atoms with van der Waals surface area (Å²) in [6, 6.07) is 0.291. The first kappa shape index (κ1) is 21.2. The van der Waals surface area contributed by atoms with Crippen molar-refractivity contribution in [1.29, 1.82) is 0 Å². The molecule has 2 rings (SSSR count). The highest BCUT2D eigenvalue weighted by atomic mass is 35.5. The van der Waals surface area contributed by atoms with E-state index in [4.69, 9.17) is 4.74 Å². The minimum Gasteiger partial charge on any atom is -0.383 e. The number of rotatable bonds is 7. The predicted octanol–water partition coefficient (Wildman–Crippen LogP) is 1.26. The summed E-state index contributed by atoms with van der Waals surface area (Å²) >= 11 is 0. The zero-order valence-corrected chi connectivity index (χ0v) is 14.8. The van der Waals surface area contributed by atoms with Crippen molar-refractivity contribution in [2.24, 2.45) is 0 Å². The van der Waals surface area contributed by atoms with Crippen molar-refractivity contribution < 1.29 is 9.53 Å². The molecule has 1 fully saturated rings. The van der Waals surface area contributed by atoms with Gasteiger partial charge in [-0.05, 0) is 19.8 Å². The molecular weight excluding hydrogens is 327 g/mol. The van der Waals surface area contributed by atoms with Gasteiger partial charge in [0.05, 0.1) is 13.2 Å². The van der Waals surface area contributed by atoms with Crippen molar-refractivity contribution in [3.8, 4) is 0 Å². The van der Waals surface area contributed by atoms with Crippen molar-refractivity contribution in [2.45, 2.75) is 32.4 Å². The molecule has 1 atom stereocenters. The van der Waals surface area contributed by atoms with Crippen LogP contribution in [0, 0.1) is 6.92 Å². The first-order valence-electron chi connectivity index (χ1n) is 7.19. The summed E-state index contributed by atoms with van der Waals surface area (Å²) in [5, 5.41) is 3.12. The van der Waals surface area contributed by atoms with Crippen molar-refractivity contribution in [1.82, 2.24) is 19.8 Å². The molecule has 6 nitrogen and oxygen atoms in total. The summed E-state index contributed by atoms with van der Waals surface area (Å²) in [6.07, 6.45) is 5.94. The van der Waals surface area contributed by atoms with Gasteiger partial charge in [0.2, 0.25) is 5.91 Å². The van der Waals surface area contributed by atoms with Gasteiger partial charge in [-0.3, -0.25) is 4.79 Å². The summed E-state index contributed by atoms with van der Waals surface area (Å²) < 4.78 is 7.08. The lowest BCUT2D eigenvalue weighted by Gasteiger charge is -2.25. The Balaban J connectivity index is 0.00000220. The number of nitrogens with zero attached hydrogens (tertiary/aromatic N) is 3. The Labute approximate surface area is 144 Å². The SMILES string of the molecule is COCCNCC(=O)N1CCCC1Cn1ccnc1C.Cl.Cl. The van der Waals surface area contributed by atoms with Gasteiger partial charge in [0.1, 0.15) is 5.82 Å². The molecule has 0 spiro atoms. The molecule has 8 heteroatoms. The van der Waals surface area contributed by atoms with E-state index < -0.39 is 0 Å². The van der Waals surface area contributed by atoms with Crippen LogP contribution in [0.5, 0.6) is 0 Å². The zero-order valence-electron chi connectivity index (χ0n) is 13.2. The molecule has 2 heterocycles. The molecule has 1 aromatic rings. The highest BCUT2D eigenvalue weighted by Gasteiger charge is 2.28. The Kier molecular flexibility index (Phi) is 10.4. The normalized spacial score (nSPS) is 17.0. The molecule has 1 aromatic heterocycles. The van der Waals surface area contributed by atoms with E-state index in [0.29, 0.717) is 25.7 Å². The third-order valence-electron chi connectivity index (χ3n) is 3.79. The van der Waals surface area contributed by atoms with Crippen LogP contribution in [0.15, 0.2) is 12.4 Å². The zero-order chi connectivity index (χ0) is 14.4. The second-order valence-corrected chi connectivity index (χ2v) is 5.18. The van der Waals surface area contributed by atoms with E-state index in [-0.39, 0.29) is 30.7 Å². The topological polar surface area (TPSA) is 59.4 Å². The maximum Gasteiger partial charge on any atom is 0.236 e. The smallest absolute Gasteiger partial charge is 0.236 e. The van der Waals surface area contributed by atoms with Crippen molar-refractivity contribution in [3.63, 3.8) is 0 Å². The Hall–Kier alpha value is -0.820. The lowest BCUT2D eigenvalue weighted by Crippen LogP contribution is -2.43. The summed E-state index contributed by atoms with van der Waals surface area (Å²) in [4.78, 5) is 18.5. The first-order valence-corrected chi connectivity index (χ1v) is 7.19. The second-order valence-electron chi connectivity index (χ2n) is 5.18. The van der Waals surface area contributed by atoms with Crippen LogP contribution in [0.4, 0.5) is 0 Å². The van der Waals surface area contributed by atoms with Crippen molar-refractivity contribution >= 4 is 30.7 Å². The van der Waals surface area contributed by atoms with E-state index >= 15 is 0 Å². The average molecular weight is 353 g/mol. The van der Waals surface area contributed by atoms with Crippen molar-refractivity contribution in [3.05, 3.63) is 18.2 Å². The van der Waals surface area contributed by atoms with Gasteiger partial charge < -0.3 is 19.5 Å². The predicted molar refractivity (Wildman–Crippen MR) is 90.9 cm³/mol. The van der Waals surface area contributed by atoms with Gasteiger partial charge in [-0.2, -0.15) is 0 Å². The minimum absolute atomic E-state index is 0. The van der Waals surface area contributed by atoms with Gasteiger partial charge in [0, 0.05) is 45.2 Å². The van der Waals surface area contributed by atoms with Crippen LogP contribution in [-0.2, 0) is 16.1 Å². The van der Waals surface area contributed by atoms with E-state index in [1.807, 2.05) is 24.2 Å². The number of halogens is 2. The number of nitrogens with one attached hydrogen (secondary N) is 1. The van der Waals surface area contributed by atoms with Gasteiger partial charge in [-0.25, -0.2) is 4.98 Å². The standard InChI is InChI=1S/C14H24N4O2.2ClH/c1-12-16-5-8-17(12)11-13-4-3-7-18(13)14(19)10-15-6-9-20-2;;/h5,8,13,15H,3-4,6-7,9-11H2,1-2H3;2*1H. The minimum atomic E-state index is 0. The Morgan fingerprint density at radius 1 is 1.50 bits per heavy atom. The maximum atomic E-state index is 12.2. The van der Waals surface area contributed by atoms with Gasteiger partial charge in [0.25, 0.3) is 0 Å². The number of hydrogen-bond acceptors (Lipinski definition) is 4. The molecule has 0 bridgehead atoms. The molecule has 0 aromatic carbocycles. The number of carbonyl (C=O) groups excluding carboxylic acids is 1. The number of carbonyl (C=O) groups is 1. The molecule has 22 heavy (non-hydrogen) atoms. The van der Waals surface area contributed by atoms with Crippen LogP contribution in [0.3, 0.4) is 0 Å². The average Bonchev–Trinajstić information content (AvgIpc) is 3.05. The number of imidazole rings is 1. The number of hydrogen-bond donors (Lipinski definition) is 1. The summed E-state index contributed by atoms with van der Waals surface area (Å²) in [6.45, 7) is 5.43. The number of amides is 1. The second kappa shape index (κ2) is 10.8. The van der Waals surface area contributed by atoms with Gasteiger partial charge >= 0.3 is 0 Å². The molecule has 0 saturated carbocycles. The Bertz CT molecular complexity index is 442. The van der Waals surface area contributed by atoms with Gasteiger partial charge in [-0.1, -0.05) is 0 Å². The summed E-state index contributed by atoms with van der Waals surface area (Å²) in [7, 11) is 1.66. The first-order chi connectivity index (χ1) is 9.72. The van der Waals surface area contributed by atoms with Crippen LogP contribution in [0.1, 0.15) is 18.7 Å². The highest BCUT2D eigenvalue weighted by Crippen LogP contribution is 2.19. The van der Waals surface area contributed by atoms with E-state index in [0.717, 1.165) is 31.8 Å². The molecule has 1 saturated heterocycles. The van der Waals surface area contributed by atoms with Gasteiger partial charge in [-0.15, -0.1) is 24.8 Å². The van der Waals surface area contributed by atoms with E-state index in [1.54, 1.807) is 7.11 Å². The largest absolute Gasteiger partial charge is 0.383 e. The quantitative estimate of drug-likeness (QED) is 0.750. The maximum absolute atomic E-state index is 12.2. The van der Waals surface area contributed by atoms with E-state index in [2.05, 4.69) is 14.9 Å². The summed E-state index contributed by atoms with van der Waals surface area (Å²) in [5.74, 6) is 1.18. The molecule has 1 aliphatic heterocycles. The third-order valence-corrected chi connectivity index (χ3v) is 3.79. The number of aromatic nitrogens is 2. The number of methoxy groups -OCH3 is 1. The lowest BCUT2D eigenvalue weighted by atomic mass is 10.2. The van der Waals surface area contributed by atoms with Crippen molar-refractivity contribution in [2.75, 3.05) is 33.4 Å². The monoisotopic (exact) mass is 352 g/mol. The molecule has 1 unspecified atom stereocenters. The van der Waals surface area contributed by atoms with E-state index in [9.17, 15) is 4.79 Å². The molecule has 128 valence electrons. The molecule has 1 aliphatic rings. The third kappa shape index (κ3) is 5.76. The van der Waals surface area contributed by atoms with Gasteiger partial charge in [0.15, 0.2) is 0 Å². The summed E-state index contributed by atoms with van der Waals surface area (Å²) in [5.41, 5.74) is 0. The van der Waals surface area contributed by atoms with Crippen LogP contribution in [0.25, 0.3) is 0 Å². The van der Waals surface area contributed by atoms with Crippen LogP contribution >= 0.6 is 24.8 Å². The molecule has 0 radical (unpaired) electrons.